The third-order valence-electron chi connectivity index (χ3n) is 5.29. The Morgan fingerprint density at radius 1 is 1.27 bits per heavy atom. The molecule has 2 aromatic rings. The van der Waals surface area contributed by atoms with Crippen LogP contribution in [0.25, 0.3) is 0 Å². The van der Waals surface area contributed by atoms with Gasteiger partial charge in [0, 0.05) is 36.5 Å². The number of nitrogens with two attached hydrogens (primary N) is 1. The molecule has 1 aromatic carbocycles. The number of halogens is 2. The molecular weight excluding hydrogens is 340 g/mol. The minimum atomic E-state index is -0.991. The summed E-state index contributed by atoms with van der Waals surface area (Å²) in [6.45, 7) is 1.12. The number of carbonyl (C=O) groups excluding carboxylic acids is 1. The maximum atomic E-state index is 13.3. The van der Waals surface area contributed by atoms with Gasteiger partial charge in [-0.15, -0.1) is 0 Å². The molecule has 1 atom stereocenters. The summed E-state index contributed by atoms with van der Waals surface area (Å²) in [7, 11) is 0. The minimum absolute atomic E-state index is 0.212. The van der Waals surface area contributed by atoms with Gasteiger partial charge < -0.3 is 16.0 Å². The summed E-state index contributed by atoms with van der Waals surface area (Å²) < 4.78 is 26.4. The predicted molar refractivity (Wildman–Crippen MR) is 92.6 cm³/mol. The monoisotopic (exact) mass is 359 g/mol. The number of nitrogen functional groups attached to an aromatic ring is 1. The summed E-state index contributed by atoms with van der Waals surface area (Å²) in [4.78, 5) is 22.8. The van der Waals surface area contributed by atoms with Crippen LogP contribution in [0, 0.1) is 11.6 Å². The Hall–Kier alpha value is -2.77. The second kappa shape index (κ2) is 6.19. The molecular formula is C18H19F2N5O. The van der Waals surface area contributed by atoms with Crippen LogP contribution in [0.3, 0.4) is 0 Å². The van der Waals surface area contributed by atoms with E-state index in [0.717, 1.165) is 49.1 Å². The Bertz CT molecular complexity index is 871. The normalized spacial score (nSPS) is 21.7. The zero-order chi connectivity index (χ0) is 18.3. The van der Waals surface area contributed by atoms with E-state index in [2.05, 4.69) is 15.3 Å². The fourth-order valence-corrected chi connectivity index (χ4v) is 4.03. The van der Waals surface area contributed by atoms with Crippen molar-refractivity contribution in [1.82, 2.24) is 14.9 Å². The van der Waals surface area contributed by atoms with Gasteiger partial charge in [-0.2, -0.15) is 0 Å². The zero-order valence-electron chi connectivity index (χ0n) is 14.1. The van der Waals surface area contributed by atoms with Crippen molar-refractivity contribution in [3.63, 3.8) is 0 Å². The molecule has 1 fully saturated rings. The fourth-order valence-electron chi connectivity index (χ4n) is 4.03. The van der Waals surface area contributed by atoms with E-state index in [0.29, 0.717) is 13.1 Å². The number of benzene rings is 1. The number of rotatable bonds is 1. The van der Waals surface area contributed by atoms with Crippen LogP contribution >= 0.6 is 0 Å². The molecule has 0 saturated carbocycles. The number of amides is 2. The number of nitrogens with one attached hydrogen (secondary N) is 1. The van der Waals surface area contributed by atoms with Crippen LogP contribution in [-0.2, 0) is 11.8 Å². The van der Waals surface area contributed by atoms with Crippen molar-refractivity contribution in [2.75, 3.05) is 24.1 Å². The van der Waals surface area contributed by atoms with Gasteiger partial charge in [-0.1, -0.05) is 0 Å². The van der Waals surface area contributed by atoms with E-state index in [9.17, 15) is 13.6 Å². The molecule has 26 heavy (non-hydrogen) atoms. The number of aryl methyl sites for hydroxylation is 1. The summed E-state index contributed by atoms with van der Waals surface area (Å²) in [5, 5.41) is 2.64. The van der Waals surface area contributed by atoms with Crippen LogP contribution in [0.15, 0.2) is 24.4 Å². The van der Waals surface area contributed by atoms with Crippen molar-refractivity contribution in [3.8, 4) is 0 Å². The molecule has 2 aliphatic rings. The van der Waals surface area contributed by atoms with Crippen molar-refractivity contribution in [2.45, 2.75) is 31.1 Å². The van der Waals surface area contributed by atoms with E-state index >= 15 is 0 Å². The smallest absolute Gasteiger partial charge is 0.321 e. The molecule has 1 aromatic heterocycles. The van der Waals surface area contributed by atoms with Crippen molar-refractivity contribution >= 4 is 17.7 Å². The summed E-state index contributed by atoms with van der Waals surface area (Å²) in [5.74, 6) is -1.69. The molecule has 1 unspecified atom stereocenters. The lowest BCUT2D eigenvalue weighted by Crippen LogP contribution is -2.49. The molecule has 1 saturated heterocycles. The van der Waals surface area contributed by atoms with Gasteiger partial charge in [-0.3, -0.25) is 0 Å². The maximum Gasteiger partial charge on any atom is 0.321 e. The number of fused-ring (bicyclic) bond motifs is 2. The average Bonchev–Trinajstić information content (AvgIpc) is 2.96. The Morgan fingerprint density at radius 2 is 2.12 bits per heavy atom. The first-order valence-corrected chi connectivity index (χ1v) is 8.60. The highest BCUT2D eigenvalue weighted by Gasteiger charge is 2.44. The second-order valence-electron chi connectivity index (χ2n) is 6.97. The molecule has 3 N–H and O–H groups in total. The van der Waals surface area contributed by atoms with Crippen LogP contribution in [0.4, 0.5) is 25.2 Å². The van der Waals surface area contributed by atoms with Gasteiger partial charge in [0.05, 0.1) is 5.69 Å². The second-order valence-corrected chi connectivity index (χ2v) is 6.97. The number of nitrogens with zero attached hydrogens (tertiary/aromatic N) is 3. The van der Waals surface area contributed by atoms with Crippen molar-refractivity contribution in [2.24, 2.45) is 0 Å². The summed E-state index contributed by atoms with van der Waals surface area (Å²) in [6, 6.07) is 2.99. The Balaban J connectivity index is 1.53. The number of hydrogen-bond acceptors (Lipinski definition) is 4. The number of carbonyl (C=O) groups is 1. The van der Waals surface area contributed by atoms with E-state index in [1.165, 1.54) is 6.07 Å². The van der Waals surface area contributed by atoms with Gasteiger partial charge in [0.1, 0.15) is 0 Å². The summed E-state index contributed by atoms with van der Waals surface area (Å²) in [5.41, 5.74) is 7.80. The van der Waals surface area contributed by atoms with Crippen LogP contribution in [0.1, 0.15) is 30.5 Å². The number of likely N-dealkylation sites (tertiary alicyclic amines) is 1. The van der Waals surface area contributed by atoms with Gasteiger partial charge in [0.25, 0.3) is 0 Å². The highest BCUT2D eigenvalue weighted by Crippen LogP contribution is 2.44. The first-order valence-electron chi connectivity index (χ1n) is 8.60. The number of hydrogen-bond donors (Lipinski definition) is 2. The van der Waals surface area contributed by atoms with Gasteiger partial charge in [0.2, 0.25) is 5.95 Å². The predicted octanol–water partition coefficient (Wildman–Crippen LogP) is 2.85. The van der Waals surface area contributed by atoms with Crippen LogP contribution in [-0.4, -0.2) is 34.0 Å². The SMILES string of the molecule is Nc1ncc2c(n1)C1(CCCN(C(=O)Nc3ccc(F)c(F)c3)C1)CC2. The minimum Gasteiger partial charge on any atom is -0.368 e. The number of aromatic nitrogens is 2. The lowest BCUT2D eigenvalue weighted by Gasteiger charge is -2.40. The number of urea groups is 1. The van der Waals surface area contributed by atoms with Gasteiger partial charge in [0.15, 0.2) is 11.6 Å². The molecule has 1 aliphatic carbocycles. The standard InChI is InChI=1S/C18H19F2N5O/c19-13-3-2-12(8-14(13)20)23-17(26)25-7-1-5-18(10-25)6-4-11-9-22-16(21)24-15(11)18/h2-3,8-9H,1,4-7,10H2,(H,23,26)(H2,21,22,24). The molecule has 0 bridgehead atoms. The van der Waals surface area contributed by atoms with Crippen molar-refractivity contribution in [3.05, 3.63) is 47.3 Å². The molecule has 6 nitrogen and oxygen atoms in total. The Kier molecular flexibility index (Phi) is 3.97. The molecule has 1 spiro atoms. The van der Waals surface area contributed by atoms with E-state index in [-0.39, 0.29) is 23.1 Å². The lowest BCUT2D eigenvalue weighted by atomic mass is 9.77. The Labute approximate surface area is 149 Å². The average molecular weight is 359 g/mol. The summed E-state index contributed by atoms with van der Waals surface area (Å²) in [6.07, 6.45) is 5.32. The molecule has 136 valence electrons. The summed E-state index contributed by atoms with van der Waals surface area (Å²) >= 11 is 0. The van der Waals surface area contributed by atoms with Crippen molar-refractivity contribution in [1.29, 1.82) is 0 Å². The third-order valence-corrected chi connectivity index (χ3v) is 5.29. The first kappa shape index (κ1) is 16.7. The van der Waals surface area contributed by atoms with Gasteiger partial charge >= 0.3 is 6.03 Å². The fraction of sp³-hybridized carbons (Fsp3) is 0.389. The molecule has 4 rings (SSSR count). The molecule has 2 heterocycles. The zero-order valence-corrected chi connectivity index (χ0v) is 14.1. The first-order chi connectivity index (χ1) is 12.5. The third kappa shape index (κ3) is 2.85. The molecule has 8 heteroatoms. The highest BCUT2D eigenvalue weighted by atomic mass is 19.2. The number of piperidine rings is 1. The largest absolute Gasteiger partial charge is 0.368 e. The highest BCUT2D eigenvalue weighted by molar-refractivity contribution is 5.89. The molecule has 1 aliphatic heterocycles. The Morgan fingerprint density at radius 3 is 2.92 bits per heavy atom. The van der Waals surface area contributed by atoms with Crippen LogP contribution in [0.5, 0.6) is 0 Å². The van der Waals surface area contributed by atoms with E-state index in [1.807, 2.05) is 0 Å². The van der Waals surface area contributed by atoms with Gasteiger partial charge in [-0.25, -0.2) is 23.5 Å². The van der Waals surface area contributed by atoms with E-state index in [4.69, 9.17) is 5.73 Å². The van der Waals surface area contributed by atoms with Crippen LogP contribution in [0.2, 0.25) is 0 Å². The lowest BCUT2D eigenvalue weighted by molar-refractivity contribution is 0.157. The quantitative estimate of drug-likeness (QED) is 0.820. The topological polar surface area (TPSA) is 84.1 Å². The molecule has 2 amide bonds. The number of anilines is 2. The molecule has 0 radical (unpaired) electrons. The van der Waals surface area contributed by atoms with E-state index < -0.39 is 11.6 Å². The van der Waals surface area contributed by atoms with Gasteiger partial charge in [-0.05, 0) is 43.4 Å². The van der Waals surface area contributed by atoms with E-state index in [1.54, 1.807) is 11.1 Å². The maximum absolute atomic E-state index is 13.3. The van der Waals surface area contributed by atoms with Crippen molar-refractivity contribution < 1.29 is 13.6 Å². The van der Waals surface area contributed by atoms with Crippen LogP contribution < -0.4 is 11.1 Å².